The minimum Gasteiger partial charge on any atom is -0.382 e. The van der Waals surface area contributed by atoms with Crippen molar-refractivity contribution in [1.82, 2.24) is 0 Å². The van der Waals surface area contributed by atoms with Crippen molar-refractivity contribution in [3.63, 3.8) is 0 Å². The van der Waals surface area contributed by atoms with Crippen molar-refractivity contribution in [2.45, 2.75) is 45.3 Å². The molecule has 0 radical (unpaired) electrons. The summed E-state index contributed by atoms with van der Waals surface area (Å²) in [5.41, 5.74) is 2.98. The highest BCUT2D eigenvalue weighted by atomic mass is 16.5. The zero-order chi connectivity index (χ0) is 13.0. The number of rotatable bonds is 3. The van der Waals surface area contributed by atoms with E-state index >= 15 is 0 Å². The maximum Gasteiger partial charge on any atom is 0.0992 e. The van der Waals surface area contributed by atoms with E-state index < -0.39 is 0 Å². The van der Waals surface area contributed by atoms with Gasteiger partial charge in [-0.25, -0.2) is 0 Å². The second-order valence-corrected chi connectivity index (χ2v) is 4.91. The lowest BCUT2D eigenvalue weighted by Crippen LogP contribution is -2.33. The highest BCUT2D eigenvalue weighted by Gasteiger charge is 2.21. The maximum atomic E-state index is 8.94. The lowest BCUT2D eigenvalue weighted by Gasteiger charge is -2.30. The van der Waals surface area contributed by atoms with Gasteiger partial charge in [0.2, 0.25) is 0 Å². The monoisotopic (exact) mass is 244 g/mol. The maximum absolute atomic E-state index is 8.94. The van der Waals surface area contributed by atoms with Crippen LogP contribution < -0.4 is 5.32 Å². The van der Waals surface area contributed by atoms with E-state index in [1.165, 1.54) is 5.56 Å². The summed E-state index contributed by atoms with van der Waals surface area (Å²) in [4.78, 5) is 0. The lowest BCUT2D eigenvalue weighted by atomic mass is 10.0. The number of hydrogen-bond donors (Lipinski definition) is 1. The molecule has 0 spiro atoms. The van der Waals surface area contributed by atoms with Gasteiger partial charge in [0.1, 0.15) is 0 Å². The van der Waals surface area contributed by atoms with Crippen molar-refractivity contribution in [3.05, 3.63) is 29.3 Å². The van der Waals surface area contributed by atoms with Crippen molar-refractivity contribution < 1.29 is 4.74 Å². The highest BCUT2D eigenvalue weighted by molar-refractivity contribution is 5.55. The molecule has 2 rings (SSSR count). The number of nitrogens with zero attached hydrogens (tertiary/aromatic N) is 1. The third-order valence-electron chi connectivity index (χ3n) is 3.55. The van der Waals surface area contributed by atoms with Crippen molar-refractivity contribution >= 4 is 5.69 Å². The molecule has 1 saturated heterocycles. The molecule has 0 aromatic heterocycles. The molecule has 1 fully saturated rings. The number of nitrogens with one attached hydrogen (secondary N) is 1. The van der Waals surface area contributed by atoms with Crippen LogP contribution in [0.4, 0.5) is 5.69 Å². The first kappa shape index (κ1) is 12.9. The fourth-order valence-corrected chi connectivity index (χ4v) is 2.36. The summed E-state index contributed by atoms with van der Waals surface area (Å²) in [6, 6.07) is 8.44. The van der Waals surface area contributed by atoms with Crippen molar-refractivity contribution in [2.75, 3.05) is 11.9 Å². The molecule has 96 valence electrons. The Balaban J connectivity index is 2.07. The molecule has 2 atom stereocenters. The number of anilines is 1. The lowest BCUT2D eigenvalue weighted by molar-refractivity contribution is 0.00925. The topological polar surface area (TPSA) is 45.0 Å². The molecular formula is C15H20N2O. The van der Waals surface area contributed by atoms with E-state index in [1.807, 2.05) is 18.2 Å². The number of nitriles is 1. The quantitative estimate of drug-likeness (QED) is 0.887. The first-order valence-corrected chi connectivity index (χ1v) is 6.61. The number of ether oxygens (including phenoxy) is 1. The Morgan fingerprint density at radius 2 is 2.33 bits per heavy atom. The average molecular weight is 244 g/mol. The van der Waals surface area contributed by atoms with Gasteiger partial charge in [0.25, 0.3) is 0 Å². The second-order valence-electron chi connectivity index (χ2n) is 4.91. The van der Waals surface area contributed by atoms with Crippen LogP contribution in [0, 0.1) is 18.3 Å². The van der Waals surface area contributed by atoms with Crippen LogP contribution in [-0.4, -0.2) is 18.8 Å². The number of benzene rings is 1. The van der Waals surface area contributed by atoms with E-state index in [9.17, 15) is 0 Å². The molecule has 2 unspecified atom stereocenters. The minimum absolute atomic E-state index is 0.371. The van der Waals surface area contributed by atoms with Crippen LogP contribution in [-0.2, 0) is 4.74 Å². The van der Waals surface area contributed by atoms with Crippen LogP contribution in [0.15, 0.2) is 18.2 Å². The molecule has 1 aromatic carbocycles. The molecule has 18 heavy (non-hydrogen) atoms. The van der Waals surface area contributed by atoms with E-state index in [-0.39, 0.29) is 0 Å². The van der Waals surface area contributed by atoms with Crippen molar-refractivity contribution in [2.24, 2.45) is 0 Å². The zero-order valence-corrected chi connectivity index (χ0v) is 11.1. The third kappa shape index (κ3) is 3.02. The summed E-state index contributed by atoms with van der Waals surface area (Å²) in [6.07, 6.45) is 3.52. The van der Waals surface area contributed by atoms with Gasteiger partial charge >= 0.3 is 0 Å². The Morgan fingerprint density at radius 1 is 1.50 bits per heavy atom. The Morgan fingerprint density at radius 3 is 3.06 bits per heavy atom. The Labute approximate surface area is 109 Å². The molecule has 0 saturated carbocycles. The molecule has 1 aliphatic rings. The fraction of sp³-hybridized carbons (Fsp3) is 0.533. The Hall–Kier alpha value is -1.53. The normalized spacial score (nSPS) is 23.4. The predicted molar refractivity (Wildman–Crippen MR) is 72.6 cm³/mol. The molecule has 1 heterocycles. The summed E-state index contributed by atoms with van der Waals surface area (Å²) in [5, 5.41) is 12.5. The van der Waals surface area contributed by atoms with E-state index in [1.54, 1.807) is 0 Å². The van der Waals surface area contributed by atoms with Crippen LogP contribution >= 0.6 is 0 Å². The molecule has 3 nitrogen and oxygen atoms in total. The van der Waals surface area contributed by atoms with Gasteiger partial charge in [0, 0.05) is 18.3 Å². The first-order chi connectivity index (χ1) is 8.72. The molecule has 1 aliphatic heterocycles. The summed E-state index contributed by atoms with van der Waals surface area (Å²) in [6.45, 7) is 5.06. The molecule has 1 aromatic rings. The number of hydrogen-bond acceptors (Lipinski definition) is 3. The van der Waals surface area contributed by atoms with Crippen LogP contribution in [0.25, 0.3) is 0 Å². The van der Waals surface area contributed by atoms with Gasteiger partial charge in [-0.05, 0) is 43.9 Å². The molecule has 3 heteroatoms. The van der Waals surface area contributed by atoms with E-state index in [0.29, 0.717) is 17.7 Å². The molecular weight excluding hydrogens is 224 g/mol. The smallest absolute Gasteiger partial charge is 0.0992 e. The average Bonchev–Trinajstić information content (AvgIpc) is 2.41. The van der Waals surface area contributed by atoms with Gasteiger partial charge < -0.3 is 10.1 Å². The predicted octanol–water partition coefficient (Wildman–Crippen LogP) is 3.24. The molecule has 1 N–H and O–H groups in total. The SMILES string of the molecule is CCC1CC(Nc2cc(C#N)ccc2C)CCO1. The van der Waals surface area contributed by atoms with Gasteiger partial charge in [0.05, 0.1) is 17.7 Å². The summed E-state index contributed by atoms with van der Waals surface area (Å²) < 4.78 is 5.68. The standard InChI is InChI=1S/C15H20N2O/c1-3-14-9-13(6-7-18-14)17-15-8-12(10-16)5-4-11(15)2/h4-5,8,13-14,17H,3,6-7,9H2,1-2H3. The molecule has 0 bridgehead atoms. The van der Waals surface area contributed by atoms with Gasteiger partial charge in [-0.15, -0.1) is 0 Å². The van der Waals surface area contributed by atoms with Gasteiger partial charge in [-0.1, -0.05) is 13.0 Å². The molecule has 0 amide bonds. The van der Waals surface area contributed by atoms with Crippen molar-refractivity contribution in [3.8, 4) is 6.07 Å². The minimum atomic E-state index is 0.371. The van der Waals surface area contributed by atoms with Gasteiger partial charge in [-0.3, -0.25) is 0 Å². The summed E-state index contributed by atoms with van der Waals surface area (Å²) in [7, 11) is 0. The Kier molecular flexibility index (Phi) is 4.22. The number of aryl methyl sites for hydroxylation is 1. The molecule has 0 aliphatic carbocycles. The van der Waals surface area contributed by atoms with Crippen LogP contribution in [0.3, 0.4) is 0 Å². The van der Waals surface area contributed by atoms with Crippen LogP contribution in [0.1, 0.15) is 37.3 Å². The van der Waals surface area contributed by atoms with Crippen LogP contribution in [0.5, 0.6) is 0 Å². The third-order valence-corrected chi connectivity index (χ3v) is 3.55. The van der Waals surface area contributed by atoms with E-state index in [0.717, 1.165) is 31.6 Å². The zero-order valence-electron chi connectivity index (χ0n) is 11.1. The van der Waals surface area contributed by atoms with Crippen LogP contribution in [0.2, 0.25) is 0 Å². The highest BCUT2D eigenvalue weighted by Crippen LogP contribution is 2.23. The largest absolute Gasteiger partial charge is 0.382 e. The van der Waals surface area contributed by atoms with E-state index in [4.69, 9.17) is 10.00 Å². The summed E-state index contributed by atoms with van der Waals surface area (Å²) in [5.74, 6) is 0. The van der Waals surface area contributed by atoms with E-state index in [2.05, 4.69) is 25.2 Å². The Bertz CT molecular complexity index is 450. The summed E-state index contributed by atoms with van der Waals surface area (Å²) >= 11 is 0. The van der Waals surface area contributed by atoms with Crippen molar-refractivity contribution in [1.29, 1.82) is 5.26 Å². The second kappa shape index (κ2) is 5.88. The fourth-order valence-electron chi connectivity index (χ4n) is 2.36. The van der Waals surface area contributed by atoms with Gasteiger partial charge in [-0.2, -0.15) is 5.26 Å². The first-order valence-electron chi connectivity index (χ1n) is 6.61. The van der Waals surface area contributed by atoms with Gasteiger partial charge in [0.15, 0.2) is 0 Å².